The molecule has 0 aromatic heterocycles. The van der Waals surface area contributed by atoms with Gasteiger partial charge in [0.25, 0.3) is 0 Å². The zero-order chi connectivity index (χ0) is 16.8. The summed E-state index contributed by atoms with van der Waals surface area (Å²) >= 11 is 0. The van der Waals surface area contributed by atoms with Crippen LogP contribution in [0, 0.1) is 0 Å². The molecule has 0 aliphatic carbocycles. The number of piperidine rings is 1. The smallest absolute Gasteiger partial charge is 0.220 e. The SMILES string of the molecule is CN1CCCCC1CCC(=O)NCc1cccc(N2CCCC2)c1. The quantitative estimate of drug-likeness (QED) is 0.871. The van der Waals surface area contributed by atoms with E-state index in [2.05, 4.69) is 46.4 Å². The fraction of sp³-hybridized carbons (Fsp3) is 0.650. The van der Waals surface area contributed by atoms with Crippen LogP contribution in [0.1, 0.15) is 50.5 Å². The van der Waals surface area contributed by atoms with Gasteiger partial charge >= 0.3 is 0 Å². The van der Waals surface area contributed by atoms with Crippen molar-refractivity contribution in [2.45, 2.75) is 57.5 Å². The van der Waals surface area contributed by atoms with Gasteiger partial charge in [0.1, 0.15) is 0 Å². The maximum absolute atomic E-state index is 12.2. The van der Waals surface area contributed by atoms with Gasteiger partial charge in [-0.25, -0.2) is 0 Å². The van der Waals surface area contributed by atoms with E-state index >= 15 is 0 Å². The fourth-order valence-electron chi connectivity index (χ4n) is 3.93. The number of likely N-dealkylation sites (tertiary alicyclic amines) is 1. The van der Waals surface area contributed by atoms with E-state index in [1.54, 1.807) is 0 Å². The van der Waals surface area contributed by atoms with Crippen molar-refractivity contribution in [1.82, 2.24) is 10.2 Å². The summed E-state index contributed by atoms with van der Waals surface area (Å²) in [5.41, 5.74) is 2.49. The number of carbonyl (C=O) groups is 1. The van der Waals surface area contributed by atoms with E-state index in [1.165, 1.54) is 49.9 Å². The Labute approximate surface area is 146 Å². The summed E-state index contributed by atoms with van der Waals surface area (Å²) in [5, 5.41) is 3.10. The second-order valence-corrected chi connectivity index (χ2v) is 7.31. The monoisotopic (exact) mass is 329 g/mol. The number of rotatable bonds is 6. The van der Waals surface area contributed by atoms with Crippen LogP contribution in [0.2, 0.25) is 0 Å². The zero-order valence-electron chi connectivity index (χ0n) is 15.0. The van der Waals surface area contributed by atoms with Gasteiger partial charge in [-0.1, -0.05) is 18.6 Å². The van der Waals surface area contributed by atoms with E-state index in [-0.39, 0.29) is 5.91 Å². The van der Waals surface area contributed by atoms with Gasteiger partial charge < -0.3 is 15.1 Å². The Kier molecular flexibility index (Phi) is 6.13. The molecule has 3 rings (SSSR count). The first-order valence-corrected chi connectivity index (χ1v) is 9.53. The van der Waals surface area contributed by atoms with Crippen molar-refractivity contribution in [1.29, 1.82) is 0 Å². The molecule has 2 heterocycles. The van der Waals surface area contributed by atoms with Crippen molar-refractivity contribution < 1.29 is 4.79 Å². The van der Waals surface area contributed by atoms with Crippen molar-refractivity contribution in [2.75, 3.05) is 31.6 Å². The minimum absolute atomic E-state index is 0.181. The Bertz CT molecular complexity index is 539. The van der Waals surface area contributed by atoms with Crippen LogP contribution in [0.5, 0.6) is 0 Å². The normalized spacial score (nSPS) is 21.9. The van der Waals surface area contributed by atoms with Crippen molar-refractivity contribution >= 4 is 11.6 Å². The molecule has 0 spiro atoms. The number of nitrogens with one attached hydrogen (secondary N) is 1. The predicted molar refractivity (Wildman–Crippen MR) is 99.2 cm³/mol. The molecule has 4 nitrogen and oxygen atoms in total. The van der Waals surface area contributed by atoms with Gasteiger partial charge in [-0.3, -0.25) is 4.79 Å². The van der Waals surface area contributed by atoms with Gasteiger partial charge in [-0.2, -0.15) is 0 Å². The first kappa shape index (κ1) is 17.3. The first-order chi connectivity index (χ1) is 11.7. The van der Waals surface area contributed by atoms with Crippen LogP contribution in [-0.4, -0.2) is 43.5 Å². The lowest BCUT2D eigenvalue weighted by Gasteiger charge is -2.32. The van der Waals surface area contributed by atoms with E-state index in [1.807, 2.05) is 0 Å². The van der Waals surface area contributed by atoms with E-state index in [4.69, 9.17) is 0 Å². The molecular formula is C20H31N3O. The van der Waals surface area contributed by atoms with Crippen LogP contribution in [0.4, 0.5) is 5.69 Å². The summed E-state index contributed by atoms with van der Waals surface area (Å²) in [4.78, 5) is 17.0. The molecule has 1 amide bonds. The molecule has 4 heteroatoms. The minimum atomic E-state index is 0.181. The minimum Gasteiger partial charge on any atom is -0.372 e. The summed E-state index contributed by atoms with van der Waals surface area (Å²) in [5.74, 6) is 0.181. The standard InChI is InChI=1S/C20H31N3O/c1-22-12-3-2-8-18(22)10-11-20(24)21-16-17-7-6-9-19(15-17)23-13-4-5-14-23/h6-7,9,15,18H,2-5,8,10-14,16H2,1H3,(H,21,24). The van der Waals surface area contributed by atoms with E-state index in [0.717, 1.165) is 19.5 Å². The molecule has 2 aliphatic rings. The summed E-state index contributed by atoms with van der Waals surface area (Å²) in [6, 6.07) is 9.19. The molecule has 2 saturated heterocycles. The zero-order valence-corrected chi connectivity index (χ0v) is 15.0. The Morgan fingerprint density at radius 2 is 1.96 bits per heavy atom. The fourth-order valence-corrected chi connectivity index (χ4v) is 3.93. The van der Waals surface area contributed by atoms with Crippen LogP contribution in [-0.2, 0) is 11.3 Å². The van der Waals surface area contributed by atoms with Gasteiger partial charge in [-0.05, 0) is 63.4 Å². The van der Waals surface area contributed by atoms with Crippen molar-refractivity contribution in [3.8, 4) is 0 Å². The van der Waals surface area contributed by atoms with Crippen LogP contribution < -0.4 is 10.2 Å². The number of nitrogens with zero attached hydrogens (tertiary/aromatic N) is 2. The number of carbonyl (C=O) groups excluding carboxylic acids is 1. The number of anilines is 1. The average molecular weight is 329 g/mol. The Morgan fingerprint density at radius 3 is 2.75 bits per heavy atom. The topological polar surface area (TPSA) is 35.6 Å². The molecule has 0 saturated carbocycles. The van der Waals surface area contributed by atoms with Gasteiger partial charge in [0.05, 0.1) is 0 Å². The van der Waals surface area contributed by atoms with E-state index in [0.29, 0.717) is 19.0 Å². The molecule has 1 aromatic rings. The third kappa shape index (κ3) is 4.73. The molecule has 132 valence electrons. The molecule has 1 atom stereocenters. The summed E-state index contributed by atoms with van der Waals surface area (Å²) in [7, 11) is 2.19. The van der Waals surface area contributed by atoms with Crippen molar-refractivity contribution in [3.63, 3.8) is 0 Å². The number of hydrogen-bond acceptors (Lipinski definition) is 3. The van der Waals surface area contributed by atoms with Gasteiger partial charge in [-0.15, -0.1) is 0 Å². The second-order valence-electron chi connectivity index (χ2n) is 7.31. The average Bonchev–Trinajstić information content (AvgIpc) is 3.14. The first-order valence-electron chi connectivity index (χ1n) is 9.53. The third-order valence-electron chi connectivity index (χ3n) is 5.50. The summed E-state index contributed by atoms with van der Waals surface area (Å²) < 4.78 is 0. The maximum atomic E-state index is 12.2. The lowest BCUT2D eigenvalue weighted by molar-refractivity contribution is -0.121. The Hall–Kier alpha value is -1.55. The van der Waals surface area contributed by atoms with Crippen molar-refractivity contribution in [3.05, 3.63) is 29.8 Å². The summed E-state index contributed by atoms with van der Waals surface area (Å²) in [6.07, 6.45) is 8.04. The highest BCUT2D eigenvalue weighted by atomic mass is 16.1. The van der Waals surface area contributed by atoms with Gasteiger partial charge in [0, 0.05) is 37.8 Å². The molecular weight excluding hydrogens is 298 g/mol. The van der Waals surface area contributed by atoms with Crippen molar-refractivity contribution in [2.24, 2.45) is 0 Å². The van der Waals surface area contributed by atoms with E-state index in [9.17, 15) is 4.79 Å². The number of hydrogen-bond donors (Lipinski definition) is 1. The molecule has 1 unspecified atom stereocenters. The molecule has 0 bridgehead atoms. The third-order valence-corrected chi connectivity index (χ3v) is 5.50. The highest BCUT2D eigenvalue weighted by molar-refractivity contribution is 5.75. The lowest BCUT2D eigenvalue weighted by atomic mass is 9.98. The highest BCUT2D eigenvalue weighted by Gasteiger charge is 2.19. The number of amides is 1. The second kappa shape index (κ2) is 8.52. The number of benzene rings is 1. The molecule has 1 aromatic carbocycles. The Morgan fingerprint density at radius 1 is 1.17 bits per heavy atom. The van der Waals surface area contributed by atoms with Crippen LogP contribution in [0.25, 0.3) is 0 Å². The van der Waals surface area contributed by atoms with Gasteiger partial charge in [0.15, 0.2) is 0 Å². The molecule has 0 radical (unpaired) electrons. The maximum Gasteiger partial charge on any atom is 0.220 e. The van der Waals surface area contributed by atoms with Crippen LogP contribution in [0.3, 0.4) is 0 Å². The largest absolute Gasteiger partial charge is 0.372 e. The Balaban J connectivity index is 1.43. The predicted octanol–water partition coefficient (Wildman–Crippen LogP) is 3.17. The lowest BCUT2D eigenvalue weighted by Crippen LogP contribution is -2.37. The van der Waals surface area contributed by atoms with Crippen LogP contribution >= 0.6 is 0 Å². The molecule has 24 heavy (non-hydrogen) atoms. The van der Waals surface area contributed by atoms with Crippen LogP contribution in [0.15, 0.2) is 24.3 Å². The molecule has 2 aliphatic heterocycles. The highest BCUT2D eigenvalue weighted by Crippen LogP contribution is 2.21. The van der Waals surface area contributed by atoms with Gasteiger partial charge in [0.2, 0.25) is 5.91 Å². The summed E-state index contributed by atoms with van der Waals surface area (Å²) in [6.45, 7) is 4.13. The molecule has 1 N–H and O–H groups in total. The van der Waals surface area contributed by atoms with E-state index < -0.39 is 0 Å². The molecule has 2 fully saturated rings.